The van der Waals surface area contributed by atoms with Crippen molar-refractivity contribution in [3.8, 4) is 0 Å². The highest BCUT2D eigenvalue weighted by Gasteiger charge is 2.42. The molecule has 0 aliphatic heterocycles. The molecule has 20 heavy (non-hydrogen) atoms. The Hall–Kier alpha value is -0.740. The molecule has 0 radical (unpaired) electrons. The van der Waals surface area contributed by atoms with E-state index in [0.29, 0.717) is 12.8 Å². The van der Waals surface area contributed by atoms with E-state index in [1.165, 1.54) is 6.92 Å². The predicted molar refractivity (Wildman–Crippen MR) is 79.5 cm³/mol. The van der Waals surface area contributed by atoms with Crippen LogP contribution in [0.5, 0.6) is 0 Å². The number of hydrogen-bond donors (Lipinski definition) is 2. The lowest BCUT2D eigenvalue weighted by molar-refractivity contribution is -0.154. The van der Waals surface area contributed by atoms with Crippen LogP contribution in [-0.2, 0) is 9.59 Å². The van der Waals surface area contributed by atoms with Crippen LogP contribution >= 0.6 is 0 Å². The van der Waals surface area contributed by atoms with Gasteiger partial charge in [0, 0.05) is 19.3 Å². The summed E-state index contributed by atoms with van der Waals surface area (Å²) in [5.41, 5.74) is -1.99. The fourth-order valence-electron chi connectivity index (χ4n) is 2.30. The van der Waals surface area contributed by atoms with E-state index in [2.05, 4.69) is 0 Å². The van der Waals surface area contributed by atoms with Crippen LogP contribution in [0.2, 0.25) is 0 Å². The van der Waals surface area contributed by atoms with E-state index in [9.17, 15) is 19.8 Å². The summed E-state index contributed by atoms with van der Waals surface area (Å²) in [6, 6.07) is 0. The van der Waals surface area contributed by atoms with Gasteiger partial charge in [-0.2, -0.15) is 0 Å². The molecule has 1 atom stereocenters. The van der Waals surface area contributed by atoms with Gasteiger partial charge in [0.25, 0.3) is 0 Å². The van der Waals surface area contributed by atoms with Gasteiger partial charge >= 0.3 is 0 Å². The van der Waals surface area contributed by atoms with Crippen LogP contribution in [0.1, 0.15) is 78.6 Å². The highest BCUT2D eigenvalue weighted by molar-refractivity contribution is 6.10. The second kappa shape index (κ2) is 10.1. The molecule has 0 aliphatic rings. The molecule has 118 valence electrons. The van der Waals surface area contributed by atoms with Gasteiger partial charge in [0.05, 0.1) is 6.10 Å². The molecule has 0 spiro atoms. The molecule has 0 rings (SSSR count). The second-order valence-corrected chi connectivity index (χ2v) is 5.67. The van der Waals surface area contributed by atoms with Crippen molar-refractivity contribution >= 4 is 11.6 Å². The van der Waals surface area contributed by atoms with E-state index in [4.69, 9.17) is 0 Å². The highest BCUT2D eigenvalue weighted by Crippen LogP contribution is 2.22. The van der Waals surface area contributed by atoms with Gasteiger partial charge in [-0.15, -0.1) is 0 Å². The van der Waals surface area contributed by atoms with E-state index in [1.54, 1.807) is 0 Å². The molecule has 2 N–H and O–H groups in total. The smallest absolute Gasteiger partial charge is 0.183 e. The van der Waals surface area contributed by atoms with Crippen LogP contribution in [0.3, 0.4) is 0 Å². The number of hydrogen-bond acceptors (Lipinski definition) is 4. The van der Waals surface area contributed by atoms with Crippen LogP contribution in [-0.4, -0.2) is 33.5 Å². The molecule has 4 heteroatoms. The molecule has 0 saturated heterocycles. The minimum absolute atomic E-state index is 0.192. The molecular formula is C16H30O4. The number of ketones is 2. The number of rotatable bonds is 12. The van der Waals surface area contributed by atoms with Gasteiger partial charge < -0.3 is 10.2 Å². The Morgan fingerprint density at radius 3 is 1.65 bits per heavy atom. The van der Waals surface area contributed by atoms with Crippen LogP contribution in [0.4, 0.5) is 0 Å². The minimum atomic E-state index is -1.99. The van der Waals surface area contributed by atoms with Gasteiger partial charge in [0.2, 0.25) is 0 Å². The van der Waals surface area contributed by atoms with Crippen LogP contribution in [0, 0.1) is 0 Å². The van der Waals surface area contributed by atoms with E-state index < -0.39 is 23.3 Å². The van der Waals surface area contributed by atoms with Gasteiger partial charge in [0.15, 0.2) is 17.2 Å². The third-order valence-corrected chi connectivity index (χ3v) is 3.53. The number of carbonyl (C=O) groups is 2. The number of unbranched alkanes of at least 4 members (excludes halogenated alkanes) is 4. The summed E-state index contributed by atoms with van der Waals surface area (Å²) in [5.74, 6) is -0.873. The molecule has 0 aliphatic carbocycles. The molecule has 0 aromatic carbocycles. The van der Waals surface area contributed by atoms with E-state index in [1.807, 2.05) is 13.8 Å². The van der Waals surface area contributed by atoms with Crippen molar-refractivity contribution in [2.45, 2.75) is 90.3 Å². The molecule has 0 aromatic heterocycles. The van der Waals surface area contributed by atoms with Crippen molar-refractivity contribution < 1.29 is 19.8 Å². The first-order chi connectivity index (χ1) is 9.38. The summed E-state index contributed by atoms with van der Waals surface area (Å²) in [7, 11) is 0. The Balaban J connectivity index is 4.70. The molecule has 0 bridgehead atoms. The Labute approximate surface area is 122 Å². The number of aliphatic hydroxyl groups excluding tert-OH is 1. The first-order valence-corrected chi connectivity index (χ1v) is 7.85. The minimum Gasteiger partial charge on any atom is -0.393 e. The lowest BCUT2D eigenvalue weighted by Crippen LogP contribution is -2.48. The van der Waals surface area contributed by atoms with Crippen molar-refractivity contribution in [1.82, 2.24) is 0 Å². The fraction of sp³-hybridized carbons (Fsp3) is 0.875. The lowest BCUT2D eigenvalue weighted by Gasteiger charge is -2.26. The van der Waals surface area contributed by atoms with Crippen LogP contribution < -0.4 is 0 Å². The van der Waals surface area contributed by atoms with Gasteiger partial charge in [0.1, 0.15) is 0 Å². The van der Waals surface area contributed by atoms with Gasteiger partial charge in [-0.05, 0) is 19.8 Å². The van der Waals surface area contributed by atoms with Gasteiger partial charge in [-0.25, -0.2) is 0 Å². The summed E-state index contributed by atoms with van der Waals surface area (Å²) in [6.07, 6.45) is 4.47. The third-order valence-electron chi connectivity index (χ3n) is 3.53. The zero-order valence-corrected chi connectivity index (χ0v) is 13.2. The molecule has 4 nitrogen and oxygen atoms in total. The highest BCUT2D eigenvalue weighted by atomic mass is 16.3. The number of aliphatic hydroxyl groups is 2. The molecule has 0 heterocycles. The zero-order valence-electron chi connectivity index (χ0n) is 13.2. The van der Waals surface area contributed by atoms with Crippen molar-refractivity contribution in [3.05, 3.63) is 0 Å². The van der Waals surface area contributed by atoms with E-state index in [-0.39, 0.29) is 19.3 Å². The molecule has 0 fully saturated rings. The summed E-state index contributed by atoms with van der Waals surface area (Å²) in [4.78, 5) is 24.3. The molecular weight excluding hydrogens is 256 g/mol. The topological polar surface area (TPSA) is 74.6 Å². The lowest BCUT2D eigenvalue weighted by atomic mass is 9.83. The van der Waals surface area contributed by atoms with Gasteiger partial charge in [-0.3, -0.25) is 9.59 Å². The number of carbonyl (C=O) groups excluding carboxylic acids is 2. The summed E-state index contributed by atoms with van der Waals surface area (Å²) in [5, 5.41) is 19.9. The quantitative estimate of drug-likeness (QED) is 0.427. The monoisotopic (exact) mass is 286 g/mol. The van der Waals surface area contributed by atoms with Crippen molar-refractivity contribution in [1.29, 1.82) is 0 Å². The summed E-state index contributed by atoms with van der Waals surface area (Å²) >= 11 is 0. The molecule has 0 amide bonds. The number of Topliss-reactive ketones (excluding diaryl/α,β-unsaturated/α-hetero) is 2. The van der Waals surface area contributed by atoms with Crippen molar-refractivity contribution in [3.63, 3.8) is 0 Å². The maximum Gasteiger partial charge on any atom is 0.183 e. The van der Waals surface area contributed by atoms with Gasteiger partial charge in [-0.1, -0.05) is 39.5 Å². The van der Waals surface area contributed by atoms with Crippen LogP contribution in [0.15, 0.2) is 0 Å². The average molecular weight is 286 g/mol. The van der Waals surface area contributed by atoms with E-state index >= 15 is 0 Å². The third kappa shape index (κ3) is 6.62. The Bertz CT molecular complexity index is 275. The maximum absolute atomic E-state index is 12.2. The van der Waals surface area contributed by atoms with Crippen LogP contribution in [0.25, 0.3) is 0 Å². The Morgan fingerprint density at radius 2 is 1.35 bits per heavy atom. The molecule has 1 unspecified atom stereocenters. The fourth-order valence-corrected chi connectivity index (χ4v) is 2.30. The largest absolute Gasteiger partial charge is 0.393 e. The average Bonchev–Trinajstić information content (AvgIpc) is 2.38. The van der Waals surface area contributed by atoms with E-state index in [0.717, 1.165) is 25.7 Å². The van der Waals surface area contributed by atoms with Crippen molar-refractivity contribution in [2.75, 3.05) is 0 Å². The molecule has 0 saturated carbocycles. The zero-order chi connectivity index (χ0) is 15.6. The first-order valence-electron chi connectivity index (χ1n) is 7.85. The Morgan fingerprint density at radius 1 is 0.950 bits per heavy atom. The van der Waals surface area contributed by atoms with Crippen molar-refractivity contribution in [2.24, 2.45) is 0 Å². The Kier molecular flexibility index (Phi) is 9.68. The SMILES string of the molecule is CCCCCC(=O)C(O)(CC(C)O)C(=O)CCCCC. The molecule has 0 aromatic rings. The maximum atomic E-state index is 12.2. The summed E-state index contributed by atoms with van der Waals surface area (Å²) < 4.78 is 0. The second-order valence-electron chi connectivity index (χ2n) is 5.67. The first kappa shape index (κ1) is 19.3. The summed E-state index contributed by atoms with van der Waals surface area (Å²) in [6.45, 7) is 5.55. The standard InChI is InChI=1S/C16H30O4/c1-4-6-8-10-14(18)16(20,12-13(3)17)15(19)11-9-7-5-2/h13,17,20H,4-12H2,1-3H3. The predicted octanol–water partition coefficient (Wildman–Crippen LogP) is 2.79. The normalized spacial score (nSPS) is 13.2.